The minimum absolute atomic E-state index is 0.0295. The molecule has 0 atom stereocenters. The van der Waals surface area contributed by atoms with Crippen LogP contribution in [0.1, 0.15) is 48.5 Å². The first-order chi connectivity index (χ1) is 6.67. The van der Waals surface area contributed by atoms with Gasteiger partial charge < -0.3 is 4.74 Å². The molecular weight excluding hydrogens is 186 g/mol. The second kappa shape index (κ2) is 5.34. The van der Waals surface area contributed by atoms with E-state index in [-0.39, 0.29) is 10.8 Å². The van der Waals surface area contributed by atoms with Crippen molar-refractivity contribution in [2.24, 2.45) is 15.8 Å². The van der Waals surface area contributed by atoms with E-state index >= 15 is 0 Å². The molecule has 0 rings (SSSR count). The Kier molecular flexibility index (Phi) is 5.06. The molecule has 0 aliphatic carbocycles. The number of hydrogen-bond donors (Lipinski definition) is 0. The number of nitrogens with zero attached hydrogens (tertiary/aromatic N) is 1. The molecule has 0 saturated carbocycles. The summed E-state index contributed by atoms with van der Waals surface area (Å²) in [5, 5.41) is 0. The third-order valence-electron chi connectivity index (χ3n) is 1.69. The van der Waals surface area contributed by atoms with Crippen LogP contribution in [0.15, 0.2) is 17.3 Å². The lowest BCUT2D eigenvalue weighted by molar-refractivity contribution is 0.373. The van der Waals surface area contributed by atoms with E-state index in [9.17, 15) is 0 Å². The fourth-order valence-corrected chi connectivity index (χ4v) is 0.897. The van der Waals surface area contributed by atoms with Crippen LogP contribution in [0.5, 0.6) is 0 Å². The van der Waals surface area contributed by atoms with E-state index in [1.54, 1.807) is 6.26 Å². The Balaban J connectivity index is 4.48. The normalized spacial score (nSPS) is 14.7. The third kappa shape index (κ3) is 7.18. The molecule has 2 nitrogen and oxygen atoms in total. The van der Waals surface area contributed by atoms with Crippen molar-refractivity contribution in [1.29, 1.82) is 0 Å². The molecule has 0 bridgehead atoms. The van der Waals surface area contributed by atoms with Gasteiger partial charge in [0.15, 0.2) is 5.90 Å². The summed E-state index contributed by atoms with van der Waals surface area (Å²) < 4.78 is 5.59. The second-order valence-electron chi connectivity index (χ2n) is 5.82. The van der Waals surface area contributed by atoms with Crippen LogP contribution in [-0.2, 0) is 4.74 Å². The molecule has 0 amide bonds. The zero-order valence-electron chi connectivity index (χ0n) is 11.2. The molecule has 0 aliphatic heterocycles. The van der Waals surface area contributed by atoms with Gasteiger partial charge in [0.05, 0.1) is 6.26 Å². The van der Waals surface area contributed by atoms with Gasteiger partial charge in [-0.05, 0) is 18.4 Å². The van der Waals surface area contributed by atoms with Crippen molar-refractivity contribution < 1.29 is 4.74 Å². The fourth-order valence-electron chi connectivity index (χ4n) is 0.897. The third-order valence-corrected chi connectivity index (χ3v) is 1.69. The number of hydrogen-bond acceptors (Lipinski definition) is 2. The molecule has 88 valence electrons. The van der Waals surface area contributed by atoms with Crippen LogP contribution in [0.25, 0.3) is 0 Å². The lowest BCUT2D eigenvalue weighted by Crippen LogP contribution is -2.22. The van der Waals surface area contributed by atoms with Crippen molar-refractivity contribution in [2.45, 2.75) is 48.5 Å². The van der Waals surface area contributed by atoms with Crippen LogP contribution in [0.4, 0.5) is 0 Å². The van der Waals surface area contributed by atoms with Crippen molar-refractivity contribution in [1.82, 2.24) is 0 Å². The van der Waals surface area contributed by atoms with Crippen molar-refractivity contribution in [3.63, 3.8) is 0 Å². The Morgan fingerprint density at radius 1 is 1.13 bits per heavy atom. The molecule has 0 radical (unpaired) electrons. The topological polar surface area (TPSA) is 21.6 Å². The predicted octanol–water partition coefficient (Wildman–Crippen LogP) is 4.03. The molecule has 0 aliphatic rings. The quantitative estimate of drug-likeness (QED) is 0.384. The zero-order chi connectivity index (χ0) is 12.1. The van der Waals surface area contributed by atoms with Crippen LogP contribution in [0, 0.1) is 10.8 Å². The Labute approximate surface area is 94.4 Å². The van der Waals surface area contributed by atoms with Gasteiger partial charge in [-0.2, -0.15) is 0 Å². The van der Waals surface area contributed by atoms with E-state index in [0.29, 0.717) is 0 Å². The summed E-state index contributed by atoms with van der Waals surface area (Å²) >= 11 is 0. The second-order valence-corrected chi connectivity index (χ2v) is 5.82. The average Bonchev–Trinajstić information content (AvgIpc) is 1.98. The number of ether oxygens (including phenoxy) is 1. The van der Waals surface area contributed by atoms with Crippen LogP contribution in [-0.4, -0.2) is 12.4 Å². The van der Waals surface area contributed by atoms with E-state index in [1.807, 2.05) is 13.0 Å². The molecule has 0 heterocycles. The predicted molar refractivity (Wildman–Crippen MR) is 67.1 cm³/mol. The number of allylic oxidation sites excluding steroid dienone is 1. The largest absolute Gasteiger partial charge is 0.451 e. The van der Waals surface area contributed by atoms with Crippen LogP contribution in [0.3, 0.4) is 0 Å². The molecule has 0 unspecified atom stereocenters. The highest BCUT2D eigenvalue weighted by molar-refractivity contribution is 5.82. The lowest BCUT2D eigenvalue weighted by atomic mass is 9.96. The van der Waals surface area contributed by atoms with Crippen molar-refractivity contribution >= 4 is 5.90 Å². The maximum atomic E-state index is 5.59. The molecular formula is C13H25NO. The van der Waals surface area contributed by atoms with Crippen molar-refractivity contribution in [3.8, 4) is 0 Å². The molecule has 2 heteroatoms. The molecule has 0 spiro atoms. The summed E-state index contributed by atoms with van der Waals surface area (Å²) in [4.78, 5) is 4.36. The van der Waals surface area contributed by atoms with Gasteiger partial charge >= 0.3 is 0 Å². The molecule has 0 aromatic carbocycles. The van der Waals surface area contributed by atoms with E-state index in [2.05, 4.69) is 46.5 Å². The molecule has 0 saturated heterocycles. The first-order valence-electron chi connectivity index (χ1n) is 5.56. The van der Waals surface area contributed by atoms with Gasteiger partial charge in [-0.15, -0.1) is 0 Å². The smallest absolute Gasteiger partial charge is 0.194 e. The van der Waals surface area contributed by atoms with Gasteiger partial charge in [-0.1, -0.05) is 41.5 Å². The molecule has 0 aromatic heterocycles. The van der Waals surface area contributed by atoms with E-state index in [1.165, 1.54) is 0 Å². The number of aliphatic imine (C=N–C) groups is 1. The monoisotopic (exact) mass is 211 g/mol. The number of rotatable bonds is 2. The SMILES string of the molecule is CCN=C(O/C=C/C(C)(C)C)C(C)(C)C. The Morgan fingerprint density at radius 3 is 2.00 bits per heavy atom. The maximum Gasteiger partial charge on any atom is 0.194 e. The highest BCUT2D eigenvalue weighted by Gasteiger charge is 2.19. The zero-order valence-corrected chi connectivity index (χ0v) is 11.2. The summed E-state index contributed by atoms with van der Waals surface area (Å²) in [6.45, 7) is 15.5. The fraction of sp³-hybridized carbons (Fsp3) is 0.769. The summed E-state index contributed by atoms with van der Waals surface area (Å²) in [5.41, 5.74) is 0.118. The van der Waals surface area contributed by atoms with Crippen molar-refractivity contribution in [3.05, 3.63) is 12.3 Å². The minimum Gasteiger partial charge on any atom is -0.451 e. The average molecular weight is 211 g/mol. The van der Waals surface area contributed by atoms with Gasteiger partial charge in [0.25, 0.3) is 0 Å². The van der Waals surface area contributed by atoms with Gasteiger partial charge in [0.1, 0.15) is 0 Å². The highest BCUT2D eigenvalue weighted by atomic mass is 16.5. The van der Waals surface area contributed by atoms with Gasteiger partial charge in [0, 0.05) is 12.0 Å². The minimum atomic E-state index is -0.0295. The Bertz CT molecular complexity index is 238. The van der Waals surface area contributed by atoms with E-state index < -0.39 is 0 Å². The van der Waals surface area contributed by atoms with Crippen LogP contribution < -0.4 is 0 Å². The first-order valence-corrected chi connectivity index (χ1v) is 5.56. The molecule has 0 N–H and O–H groups in total. The lowest BCUT2D eigenvalue weighted by Gasteiger charge is -2.20. The molecule has 0 fully saturated rings. The van der Waals surface area contributed by atoms with Crippen LogP contribution >= 0.6 is 0 Å². The standard InChI is InChI=1S/C13H25NO/c1-8-14-11(13(5,6)7)15-10-9-12(2,3)4/h9-10H,8H2,1-7H3/b10-9+,14-11?. The maximum absolute atomic E-state index is 5.59. The van der Waals surface area contributed by atoms with Gasteiger partial charge in [0.2, 0.25) is 0 Å². The summed E-state index contributed by atoms with van der Waals surface area (Å²) in [7, 11) is 0. The molecule has 0 aromatic rings. The van der Waals surface area contributed by atoms with Crippen molar-refractivity contribution in [2.75, 3.05) is 6.54 Å². The van der Waals surface area contributed by atoms with Crippen LogP contribution in [0.2, 0.25) is 0 Å². The summed E-state index contributed by atoms with van der Waals surface area (Å²) in [6, 6.07) is 0. The van der Waals surface area contributed by atoms with Gasteiger partial charge in [-0.3, -0.25) is 4.99 Å². The molecule has 15 heavy (non-hydrogen) atoms. The summed E-state index contributed by atoms with van der Waals surface area (Å²) in [5.74, 6) is 0.797. The van der Waals surface area contributed by atoms with Gasteiger partial charge in [-0.25, -0.2) is 0 Å². The summed E-state index contributed by atoms with van der Waals surface area (Å²) in [6.07, 6.45) is 3.80. The van der Waals surface area contributed by atoms with E-state index in [4.69, 9.17) is 4.74 Å². The first kappa shape index (κ1) is 14.2. The van der Waals surface area contributed by atoms with E-state index in [0.717, 1.165) is 12.4 Å². The Hall–Kier alpha value is -0.790. The Morgan fingerprint density at radius 2 is 1.67 bits per heavy atom. The highest BCUT2D eigenvalue weighted by Crippen LogP contribution is 2.19.